The number of carbonyl (C=O) groups is 1. The van der Waals surface area contributed by atoms with Gasteiger partial charge in [-0.05, 0) is 5.56 Å². The predicted octanol–water partition coefficient (Wildman–Crippen LogP) is 1.63. The van der Waals surface area contributed by atoms with Crippen molar-refractivity contribution in [3.63, 3.8) is 0 Å². The lowest BCUT2D eigenvalue weighted by atomic mass is 10.2. The number of nitrogens with two attached hydrogens (primary N) is 1. The van der Waals surface area contributed by atoms with E-state index in [1.54, 1.807) is 10.6 Å². The number of hydrogen-bond donors (Lipinski definition) is 2. The Hall–Kier alpha value is -2.98. The molecule has 3 heterocycles. The molecule has 0 radical (unpaired) electrons. The fourth-order valence-corrected chi connectivity index (χ4v) is 3.55. The van der Waals surface area contributed by atoms with Crippen LogP contribution < -0.4 is 16.0 Å². The number of rotatable bonds is 4. The number of hydrogen-bond acceptors (Lipinski definition) is 9. The number of aromatic nitrogens is 3. The molecule has 140 valence electrons. The number of piperazine rings is 1. The molecule has 9 nitrogen and oxygen atoms in total. The second-order valence-electron chi connectivity index (χ2n) is 6.05. The number of hydroxylamine groups is 2. The van der Waals surface area contributed by atoms with Crippen molar-refractivity contribution in [2.24, 2.45) is 0 Å². The molecule has 4 rings (SSSR count). The third-order valence-electron chi connectivity index (χ3n) is 4.23. The first-order valence-corrected chi connectivity index (χ1v) is 9.43. The van der Waals surface area contributed by atoms with Crippen molar-refractivity contribution in [1.29, 1.82) is 0 Å². The zero-order chi connectivity index (χ0) is 18.6. The number of thiazole rings is 1. The zero-order valence-electron chi connectivity index (χ0n) is 14.5. The lowest BCUT2D eigenvalue weighted by Gasteiger charge is -2.33. The van der Waals surface area contributed by atoms with E-state index in [0.29, 0.717) is 32.7 Å². The molecule has 1 aliphatic rings. The Kier molecular flexibility index (Phi) is 4.99. The van der Waals surface area contributed by atoms with Crippen LogP contribution in [0.2, 0.25) is 0 Å². The van der Waals surface area contributed by atoms with Gasteiger partial charge in [-0.15, -0.1) is 16.4 Å². The molecular weight excluding hydrogens is 366 g/mol. The number of carbonyl (C=O) groups excluding carboxylic acids is 1. The summed E-state index contributed by atoms with van der Waals surface area (Å²) in [6.45, 7) is 2.86. The van der Waals surface area contributed by atoms with Crippen molar-refractivity contribution in [1.82, 2.24) is 25.3 Å². The molecular formula is C17H19N7O2S. The Labute approximate surface area is 159 Å². The molecule has 0 unspecified atom stereocenters. The van der Waals surface area contributed by atoms with Gasteiger partial charge in [0.1, 0.15) is 5.52 Å². The Balaban J connectivity index is 1.31. The SMILES string of the molecule is Nc1nc(N2CCN(OC(=O)NCc3ccccc3)CC2)c2ncsc2n1. The van der Waals surface area contributed by atoms with Crippen molar-refractivity contribution in [3.8, 4) is 0 Å². The van der Waals surface area contributed by atoms with E-state index in [4.69, 9.17) is 10.6 Å². The van der Waals surface area contributed by atoms with Crippen LogP contribution >= 0.6 is 11.3 Å². The zero-order valence-corrected chi connectivity index (χ0v) is 15.4. The standard InChI is InChI=1S/C17H19N7O2S/c18-16-21-14(13-15(22-16)27-11-20-13)23-6-8-24(9-7-23)26-17(25)19-10-12-4-2-1-3-5-12/h1-5,11H,6-10H2,(H,19,25)(H2,18,21,22). The minimum Gasteiger partial charge on any atom is -0.368 e. The summed E-state index contributed by atoms with van der Waals surface area (Å²) in [7, 11) is 0. The van der Waals surface area contributed by atoms with E-state index in [1.165, 1.54) is 11.3 Å². The van der Waals surface area contributed by atoms with Crippen molar-refractivity contribution < 1.29 is 9.63 Å². The largest absolute Gasteiger partial charge is 0.426 e. The van der Waals surface area contributed by atoms with Gasteiger partial charge in [0.25, 0.3) is 0 Å². The summed E-state index contributed by atoms with van der Waals surface area (Å²) in [6, 6.07) is 9.70. The second-order valence-corrected chi connectivity index (χ2v) is 6.88. The third-order valence-corrected chi connectivity index (χ3v) is 4.95. The van der Waals surface area contributed by atoms with Gasteiger partial charge in [0, 0.05) is 19.6 Å². The summed E-state index contributed by atoms with van der Waals surface area (Å²) in [5, 5.41) is 4.41. The Morgan fingerprint density at radius 2 is 1.96 bits per heavy atom. The monoisotopic (exact) mass is 385 g/mol. The predicted molar refractivity (Wildman–Crippen MR) is 103 cm³/mol. The number of nitrogens with zero attached hydrogens (tertiary/aromatic N) is 5. The van der Waals surface area contributed by atoms with E-state index in [9.17, 15) is 4.79 Å². The minimum atomic E-state index is -0.458. The van der Waals surface area contributed by atoms with Gasteiger partial charge in [-0.2, -0.15) is 4.98 Å². The smallest absolute Gasteiger partial charge is 0.368 e. The van der Waals surface area contributed by atoms with Gasteiger partial charge < -0.3 is 20.8 Å². The molecule has 27 heavy (non-hydrogen) atoms. The maximum absolute atomic E-state index is 12.0. The quantitative estimate of drug-likeness (QED) is 0.697. The molecule has 0 spiro atoms. The van der Waals surface area contributed by atoms with Gasteiger partial charge in [-0.25, -0.2) is 14.8 Å². The maximum atomic E-state index is 12.0. The lowest BCUT2D eigenvalue weighted by Crippen LogP contribution is -2.48. The van der Waals surface area contributed by atoms with Gasteiger partial charge >= 0.3 is 6.09 Å². The average molecular weight is 385 g/mol. The lowest BCUT2D eigenvalue weighted by molar-refractivity contribution is -0.102. The van der Waals surface area contributed by atoms with Crippen LogP contribution in [-0.4, -0.2) is 52.3 Å². The number of benzene rings is 1. The molecule has 0 bridgehead atoms. The van der Waals surface area contributed by atoms with Crippen molar-refractivity contribution >= 4 is 39.5 Å². The van der Waals surface area contributed by atoms with E-state index in [-0.39, 0.29) is 5.95 Å². The van der Waals surface area contributed by atoms with Crippen molar-refractivity contribution in [2.45, 2.75) is 6.54 Å². The van der Waals surface area contributed by atoms with Crippen LogP contribution in [0.5, 0.6) is 0 Å². The maximum Gasteiger partial charge on any atom is 0.426 e. The summed E-state index contributed by atoms with van der Waals surface area (Å²) >= 11 is 1.44. The van der Waals surface area contributed by atoms with Crippen LogP contribution in [0.25, 0.3) is 10.3 Å². The van der Waals surface area contributed by atoms with Crippen LogP contribution in [0.3, 0.4) is 0 Å². The van der Waals surface area contributed by atoms with E-state index in [0.717, 1.165) is 21.7 Å². The van der Waals surface area contributed by atoms with Gasteiger partial charge in [0.2, 0.25) is 5.95 Å². The molecule has 0 aliphatic carbocycles. The number of nitrogens with one attached hydrogen (secondary N) is 1. The molecule has 1 amide bonds. The summed E-state index contributed by atoms with van der Waals surface area (Å²) in [6.07, 6.45) is -0.458. The Bertz CT molecular complexity index is 925. The van der Waals surface area contributed by atoms with Gasteiger partial charge in [0.05, 0.1) is 18.6 Å². The van der Waals surface area contributed by atoms with E-state index in [2.05, 4.69) is 25.2 Å². The Morgan fingerprint density at radius 1 is 1.19 bits per heavy atom. The van der Waals surface area contributed by atoms with E-state index < -0.39 is 6.09 Å². The molecule has 1 aromatic carbocycles. The molecule has 3 aromatic rings. The summed E-state index contributed by atoms with van der Waals surface area (Å²) in [5.41, 5.74) is 9.32. The first kappa shape index (κ1) is 17.4. The number of nitrogen functional groups attached to an aromatic ring is 1. The first-order valence-electron chi connectivity index (χ1n) is 8.55. The molecule has 3 N–H and O–H groups in total. The summed E-state index contributed by atoms with van der Waals surface area (Å²) in [5.74, 6) is 0.965. The molecule has 0 atom stereocenters. The van der Waals surface area contributed by atoms with E-state index in [1.807, 2.05) is 30.3 Å². The highest BCUT2D eigenvalue weighted by Crippen LogP contribution is 2.26. The minimum absolute atomic E-state index is 0.237. The number of fused-ring (bicyclic) bond motifs is 1. The molecule has 1 fully saturated rings. The van der Waals surface area contributed by atoms with E-state index >= 15 is 0 Å². The molecule has 1 saturated heterocycles. The fourth-order valence-electron chi connectivity index (χ4n) is 2.89. The van der Waals surface area contributed by atoms with Crippen LogP contribution in [0.15, 0.2) is 35.8 Å². The second kappa shape index (κ2) is 7.72. The van der Waals surface area contributed by atoms with Gasteiger partial charge in [-0.3, -0.25) is 0 Å². The highest BCUT2D eigenvalue weighted by Gasteiger charge is 2.23. The van der Waals surface area contributed by atoms with Crippen LogP contribution in [0, 0.1) is 0 Å². The molecule has 2 aromatic heterocycles. The Morgan fingerprint density at radius 3 is 2.74 bits per heavy atom. The fraction of sp³-hybridized carbons (Fsp3) is 0.294. The summed E-state index contributed by atoms with van der Waals surface area (Å²) in [4.78, 5) is 33.1. The topological polar surface area (TPSA) is 110 Å². The molecule has 10 heteroatoms. The van der Waals surface area contributed by atoms with Crippen LogP contribution in [0.4, 0.5) is 16.6 Å². The highest BCUT2D eigenvalue weighted by atomic mass is 32.1. The van der Waals surface area contributed by atoms with Gasteiger partial charge in [0.15, 0.2) is 10.6 Å². The van der Waals surface area contributed by atoms with Crippen molar-refractivity contribution in [3.05, 3.63) is 41.4 Å². The van der Waals surface area contributed by atoms with Gasteiger partial charge in [-0.1, -0.05) is 30.3 Å². The van der Waals surface area contributed by atoms with Crippen molar-refractivity contribution in [2.75, 3.05) is 36.8 Å². The van der Waals surface area contributed by atoms with Crippen LogP contribution in [-0.2, 0) is 11.4 Å². The van der Waals surface area contributed by atoms with Crippen LogP contribution in [0.1, 0.15) is 5.56 Å². The summed E-state index contributed by atoms with van der Waals surface area (Å²) < 4.78 is 0. The first-order chi connectivity index (χ1) is 13.2. The number of anilines is 2. The molecule has 1 aliphatic heterocycles. The highest BCUT2D eigenvalue weighted by molar-refractivity contribution is 7.16. The third kappa shape index (κ3) is 4.07. The molecule has 0 saturated carbocycles. The number of amides is 1. The average Bonchev–Trinajstić information content (AvgIpc) is 3.15. The normalized spacial score (nSPS) is 15.0.